The van der Waals surface area contributed by atoms with Gasteiger partial charge in [-0.3, -0.25) is 9.48 Å². The molecule has 2 aromatic heterocycles. The van der Waals surface area contributed by atoms with Gasteiger partial charge in [-0.05, 0) is 30.7 Å². The Morgan fingerprint density at radius 3 is 3.04 bits per heavy atom. The molecule has 26 heavy (non-hydrogen) atoms. The van der Waals surface area contributed by atoms with Gasteiger partial charge in [-0.1, -0.05) is 13.3 Å². The molecule has 1 aliphatic heterocycles. The van der Waals surface area contributed by atoms with E-state index < -0.39 is 0 Å². The van der Waals surface area contributed by atoms with Crippen molar-refractivity contribution in [1.29, 1.82) is 0 Å². The molecule has 2 aliphatic rings. The molecule has 0 radical (unpaired) electrons. The minimum absolute atomic E-state index is 0. The van der Waals surface area contributed by atoms with Crippen LogP contribution in [0.5, 0.6) is 0 Å². The molecule has 2 aromatic rings. The van der Waals surface area contributed by atoms with E-state index in [4.69, 9.17) is 0 Å². The number of carbonyl (C=O) groups is 1. The van der Waals surface area contributed by atoms with Crippen LogP contribution in [0.4, 0.5) is 5.13 Å². The van der Waals surface area contributed by atoms with Crippen LogP contribution in [-0.2, 0) is 24.7 Å². The molecule has 2 N–H and O–H groups in total. The number of fused-ring (bicyclic) bond motifs is 1. The number of amides is 1. The Hall–Kier alpha value is -1.44. The molecule has 8 heteroatoms. The lowest BCUT2D eigenvalue weighted by Crippen LogP contribution is -2.28. The van der Waals surface area contributed by atoms with E-state index in [1.54, 1.807) is 16.0 Å². The number of anilines is 1. The first-order valence-corrected chi connectivity index (χ1v) is 9.94. The summed E-state index contributed by atoms with van der Waals surface area (Å²) in [5, 5.41) is 11.4. The molecule has 1 aliphatic carbocycles. The van der Waals surface area contributed by atoms with Gasteiger partial charge in [-0.25, -0.2) is 4.98 Å². The lowest BCUT2D eigenvalue weighted by Gasteiger charge is -2.18. The van der Waals surface area contributed by atoms with Gasteiger partial charge >= 0.3 is 0 Å². The second-order valence-corrected chi connectivity index (χ2v) is 8.30. The molecule has 1 saturated heterocycles. The van der Waals surface area contributed by atoms with Crippen molar-refractivity contribution in [2.24, 2.45) is 18.9 Å². The molecular weight excluding hydrogens is 370 g/mol. The van der Waals surface area contributed by atoms with Gasteiger partial charge in [0, 0.05) is 37.1 Å². The Balaban J connectivity index is 0.00000196. The van der Waals surface area contributed by atoms with Gasteiger partial charge < -0.3 is 10.6 Å². The zero-order chi connectivity index (χ0) is 17.4. The molecule has 0 aromatic carbocycles. The number of rotatable bonds is 4. The maximum atomic E-state index is 12.8. The first kappa shape index (κ1) is 19.3. The Morgan fingerprint density at radius 1 is 1.46 bits per heavy atom. The van der Waals surface area contributed by atoms with Crippen LogP contribution in [-0.4, -0.2) is 33.8 Å². The summed E-state index contributed by atoms with van der Waals surface area (Å²) in [6.45, 7) is 3.77. The molecule has 0 bridgehead atoms. The van der Waals surface area contributed by atoms with Crippen LogP contribution in [0, 0.1) is 11.8 Å². The van der Waals surface area contributed by atoms with Crippen molar-refractivity contribution in [2.45, 2.75) is 38.5 Å². The zero-order valence-corrected chi connectivity index (χ0v) is 16.8. The first-order chi connectivity index (χ1) is 12.1. The third kappa shape index (κ3) is 3.80. The number of aromatic nitrogens is 3. The Kier molecular flexibility index (Phi) is 5.99. The first-order valence-electron chi connectivity index (χ1n) is 9.12. The third-order valence-electron chi connectivity index (χ3n) is 5.55. The summed E-state index contributed by atoms with van der Waals surface area (Å²) in [5.74, 6) is 0.934. The predicted molar refractivity (Wildman–Crippen MR) is 106 cm³/mol. The van der Waals surface area contributed by atoms with Gasteiger partial charge in [-0.15, -0.1) is 23.7 Å². The number of thiazole rings is 1. The van der Waals surface area contributed by atoms with E-state index >= 15 is 0 Å². The van der Waals surface area contributed by atoms with Crippen LogP contribution >= 0.6 is 23.7 Å². The average Bonchev–Trinajstić information content (AvgIpc) is 3.31. The smallest absolute Gasteiger partial charge is 0.231 e. The van der Waals surface area contributed by atoms with Crippen molar-refractivity contribution in [1.82, 2.24) is 20.1 Å². The fourth-order valence-electron chi connectivity index (χ4n) is 3.98. The molecule has 1 fully saturated rings. The number of hydrogen-bond acceptors (Lipinski definition) is 5. The third-order valence-corrected chi connectivity index (χ3v) is 6.59. The van der Waals surface area contributed by atoms with E-state index in [9.17, 15) is 4.79 Å². The van der Waals surface area contributed by atoms with Crippen LogP contribution in [0.25, 0.3) is 0 Å². The lowest BCUT2D eigenvalue weighted by atomic mass is 9.89. The maximum Gasteiger partial charge on any atom is 0.231 e. The summed E-state index contributed by atoms with van der Waals surface area (Å²) in [5.41, 5.74) is 2.32. The van der Waals surface area contributed by atoms with Crippen LogP contribution in [0.15, 0.2) is 12.4 Å². The maximum absolute atomic E-state index is 12.8. The Morgan fingerprint density at radius 2 is 2.31 bits per heavy atom. The van der Waals surface area contributed by atoms with Crippen LogP contribution in [0.3, 0.4) is 0 Å². The van der Waals surface area contributed by atoms with E-state index in [-0.39, 0.29) is 30.2 Å². The molecule has 3 heterocycles. The second kappa shape index (κ2) is 8.06. The van der Waals surface area contributed by atoms with Crippen LogP contribution in [0.1, 0.15) is 41.8 Å². The standard InChI is InChI=1S/C18H25N5OS.ClH/c1-3-11-4-5-15-16(6-11)25-18(21-15)22-17(24)14-9-19-8-13(14)12-7-20-23(2)10-12;/h7,10-11,13-14,19H,3-6,8-9H2,1-2H3,(H,21,22,24);1H/t11?,13-,14+;/m1./s1. The van der Waals surface area contributed by atoms with Crippen molar-refractivity contribution in [3.05, 3.63) is 28.5 Å². The van der Waals surface area contributed by atoms with Gasteiger partial charge in [-0.2, -0.15) is 5.10 Å². The summed E-state index contributed by atoms with van der Waals surface area (Å²) in [6.07, 6.45) is 8.47. The summed E-state index contributed by atoms with van der Waals surface area (Å²) >= 11 is 1.66. The SMILES string of the molecule is CCC1CCc2nc(NC(=O)[C@H]3CNC[C@@H]3c3cnn(C)c3)sc2C1.Cl. The van der Waals surface area contributed by atoms with Gasteiger partial charge in [0.1, 0.15) is 0 Å². The highest BCUT2D eigenvalue weighted by molar-refractivity contribution is 7.15. The van der Waals surface area contributed by atoms with Gasteiger partial charge in [0.15, 0.2) is 5.13 Å². The van der Waals surface area contributed by atoms with Crippen LogP contribution < -0.4 is 10.6 Å². The van der Waals surface area contributed by atoms with E-state index in [1.165, 1.54) is 23.4 Å². The largest absolute Gasteiger partial charge is 0.315 e. The lowest BCUT2D eigenvalue weighted by molar-refractivity contribution is -0.119. The molecule has 1 amide bonds. The van der Waals surface area contributed by atoms with Crippen molar-refractivity contribution in [3.63, 3.8) is 0 Å². The van der Waals surface area contributed by atoms with E-state index in [0.717, 1.165) is 36.0 Å². The Labute approximate surface area is 164 Å². The zero-order valence-electron chi connectivity index (χ0n) is 15.2. The molecule has 6 nitrogen and oxygen atoms in total. The minimum Gasteiger partial charge on any atom is -0.315 e. The Bertz CT molecular complexity index is 773. The molecule has 4 rings (SSSR count). The predicted octanol–water partition coefficient (Wildman–Crippen LogP) is 2.76. The fourth-order valence-corrected chi connectivity index (χ4v) is 5.10. The molecule has 0 saturated carbocycles. The van der Waals surface area contributed by atoms with E-state index in [1.807, 2.05) is 19.4 Å². The van der Waals surface area contributed by atoms with Crippen molar-refractivity contribution in [2.75, 3.05) is 18.4 Å². The number of carbonyl (C=O) groups excluding carboxylic acids is 1. The minimum atomic E-state index is -0.0754. The highest BCUT2D eigenvalue weighted by Gasteiger charge is 2.35. The number of hydrogen-bond donors (Lipinski definition) is 2. The number of nitrogens with one attached hydrogen (secondary N) is 2. The van der Waals surface area contributed by atoms with Crippen LogP contribution in [0.2, 0.25) is 0 Å². The molecular formula is C18H26ClN5OS. The van der Waals surface area contributed by atoms with E-state index in [0.29, 0.717) is 6.54 Å². The molecule has 1 unspecified atom stereocenters. The molecule has 3 atom stereocenters. The van der Waals surface area contributed by atoms with Crippen molar-refractivity contribution < 1.29 is 4.79 Å². The topological polar surface area (TPSA) is 71.8 Å². The summed E-state index contributed by atoms with van der Waals surface area (Å²) in [6, 6.07) is 0. The van der Waals surface area contributed by atoms with Crippen molar-refractivity contribution in [3.8, 4) is 0 Å². The molecule has 0 spiro atoms. The van der Waals surface area contributed by atoms with Gasteiger partial charge in [0.05, 0.1) is 17.8 Å². The second-order valence-electron chi connectivity index (χ2n) is 7.21. The number of halogens is 1. The summed E-state index contributed by atoms with van der Waals surface area (Å²) < 4.78 is 1.79. The van der Waals surface area contributed by atoms with Crippen molar-refractivity contribution >= 4 is 34.8 Å². The summed E-state index contributed by atoms with van der Waals surface area (Å²) in [4.78, 5) is 18.9. The number of nitrogens with zero attached hydrogens (tertiary/aromatic N) is 3. The summed E-state index contributed by atoms with van der Waals surface area (Å²) in [7, 11) is 1.91. The quantitative estimate of drug-likeness (QED) is 0.834. The highest BCUT2D eigenvalue weighted by atomic mass is 35.5. The average molecular weight is 396 g/mol. The van der Waals surface area contributed by atoms with Gasteiger partial charge in [0.25, 0.3) is 0 Å². The fraction of sp³-hybridized carbons (Fsp3) is 0.611. The molecule has 142 valence electrons. The monoisotopic (exact) mass is 395 g/mol. The number of aryl methyl sites for hydroxylation is 2. The normalized spacial score (nSPS) is 24.8. The van der Waals surface area contributed by atoms with E-state index in [2.05, 4.69) is 27.6 Å². The van der Waals surface area contributed by atoms with Gasteiger partial charge in [0.2, 0.25) is 5.91 Å². The highest BCUT2D eigenvalue weighted by Crippen LogP contribution is 2.34.